The lowest BCUT2D eigenvalue weighted by Gasteiger charge is -2.40. The van der Waals surface area contributed by atoms with Crippen molar-refractivity contribution in [3.63, 3.8) is 0 Å². The van der Waals surface area contributed by atoms with E-state index >= 15 is 0 Å². The smallest absolute Gasteiger partial charge is 0.326 e. The molecule has 0 saturated carbocycles. The number of hydrogen-bond acceptors (Lipinski definition) is 2. The van der Waals surface area contributed by atoms with Crippen molar-refractivity contribution in [2.45, 2.75) is 38.0 Å². The summed E-state index contributed by atoms with van der Waals surface area (Å²) in [4.78, 5) is 1.78. The summed E-state index contributed by atoms with van der Waals surface area (Å²) in [5.74, 6) is -1.68. The molecule has 1 heterocycles. The number of halogens is 4. The first-order valence-corrected chi connectivity index (χ1v) is 7.11. The van der Waals surface area contributed by atoms with Gasteiger partial charge in [-0.1, -0.05) is 12.1 Å². The Morgan fingerprint density at radius 2 is 1.86 bits per heavy atom. The third-order valence-electron chi connectivity index (χ3n) is 4.02. The van der Waals surface area contributed by atoms with Crippen LogP contribution in [0.15, 0.2) is 24.3 Å². The van der Waals surface area contributed by atoms with Gasteiger partial charge in [0.1, 0.15) is 5.82 Å². The Morgan fingerprint density at radius 3 is 2.38 bits per heavy atom. The summed E-state index contributed by atoms with van der Waals surface area (Å²) in [6, 6.07) is 5.17. The lowest BCUT2D eigenvalue weighted by Crippen LogP contribution is -2.47. The maximum atomic E-state index is 13.0. The molecule has 3 unspecified atom stereocenters. The normalized spacial score (nSPS) is 23.8. The Bertz CT molecular complexity index is 456. The number of nitrogens with two attached hydrogens (primary N) is 1. The number of alkyl halides is 3. The fourth-order valence-corrected chi connectivity index (χ4v) is 3.03. The zero-order valence-corrected chi connectivity index (χ0v) is 11.9. The van der Waals surface area contributed by atoms with Crippen molar-refractivity contribution in [2.75, 3.05) is 13.1 Å². The zero-order valence-electron chi connectivity index (χ0n) is 11.9. The van der Waals surface area contributed by atoms with E-state index in [4.69, 9.17) is 5.73 Å². The summed E-state index contributed by atoms with van der Waals surface area (Å²) >= 11 is 0. The van der Waals surface area contributed by atoms with Crippen LogP contribution in [0.5, 0.6) is 0 Å². The van der Waals surface area contributed by atoms with Crippen molar-refractivity contribution < 1.29 is 17.6 Å². The lowest BCUT2D eigenvalue weighted by atomic mass is 9.92. The second kappa shape index (κ2) is 6.32. The maximum Gasteiger partial charge on any atom is 0.393 e. The number of hydrogen-bond donors (Lipinski definition) is 1. The van der Waals surface area contributed by atoms with E-state index in [0.717, 1.165) is 5.56 Å². The van der Waals surface area contributed by atoms with Crippen molar-refractivity contribution in [3.8, 4) is 0 Å². The summed E-state index contributed by atoms with van der Waals surface area (Å²) in [7, 11) is 0. The van der Waals surface area contributed by atoms with Crippen molar-refractivity contribution >= 4 is 0 Å². The average molecular weight is 304 g/mol. The van der Waals surface area contributed by atoms with E-state index < -0.39 is 12.1 Å². The maximum absolute atomic E-state index is 13.0. The van der Waals surface area contributed by atoms with Gasteiger partial charge in [0.25, 0.3) is 0 Å². The zero-order chi connectivity index (χ0) is 15.6. The standard InChI is InChI=1S/C15H20F4N2/c1-10(20)14(11-4-6-13(16)7-5-11)21-8-2-3-12(9-21)15(17,18)19/h4-7,10,12,14H,2-3,8-9,20H2,1H3. The highest BCUT2D eigenvalue weighted by Gasteiger charge is 2.43. The fraction of sp³-hybridized carbons (Fsp3) is 0.600. The van der Waals surface area contributed by atoms with Gasteiger partial charge in [-0.3, -0.25) is 4.90 Å². The highest BCUT2D eigenvalue weighted by Crippen LogP contribution is 2.36. The van der Waals surface area contributed by atoms with Crippen LogP contribution in [0.3, 0.4) is 0 Å². The van der Waals surface area contributed by atoms with Gasteiger partial charge in [-0.05, 0) is 44.0 Å². The van der Waals surface area contributed by atoms with E-state index in [0.29, 0.717) is 13.0 Å². The van der Waals surface area contributed by atoms with E-state index in [1.807, 2.05) is 0 Å². The Morgan fingerprint density at radius 1 is 1.24 bits per heavy atom. The summed E-state index contributed by atoms with van der Waals surface area (Å²) < 4.78 is 51.8. The molecule has 0 spiro atoms. The molecule has 0 aromatic heterocycles. The summed E-state index contributed by atoms with van der Waals surface area (Å²) in [5.41, 5.74) is 6.73. The van der Waals surface area contributed by atoms with Crippen molar-refractivity contribution in [1.29, 1.82) is 0 Å². The average Bonchev–Trinajstić information content (AvgIpc) is 2.40. The van der Waals surface area contributed by atoms with Gasteiger partial charge in [0.2, 0.25) is 0 Å². The minimum absolute atomic E-state index is 0.0485. The van der Waals surface area contributed by atoms with E-state index in [2.05, 4.69) is 0 Å². The van der Waals surface area contributed by atoms with Gasteiger partial charge in [-0.2, -0.15) is 13.2 Å². The first-order valence-electron chi connectivity index (χ1n) is 7.11. The Hall–Kier alpha value is -1.14. The molecule has 6 heteroatoms. The molecule has 2 N–H and O–H groups in total. The minimum atomic E-state index is -4.18. The summed E-state index contributed by atoms with van der Waals surface area (Å²) in [5, 5.41) is 0. The van der Waals surface area contributed by atoms with E-state index in [9.17, 15) is 17.6 Å². The molecule has 3 atom stereocenters. The Balaban J connectivity index is 2.20. The Labute approximate surface area is 121 Å². The molecule has 1 saturated heterocycles. The highest BCUT2D eigenvalue weighted by atomic mass is 19.4. The van der Waals surface area contributed by atoms with Crippen LogP contribution >= 0.6 is 0 Å². The molecule has 1 fully saturated rings. The largest absolute Gasteiger partial charge is 0.393 e. The quantitative estimate of drug-likeness (QED) is 0.866. The van der Waals surface area contributed by atoms with Gasteiger partial charge >= 0.3 is 6.18 Å². The van der Waals surface area contributed by atoms with Crippen molar-refractivity contribution in [2.24, 2.45) is 11.7 Å². The third kappa shape index (κ3) is 3.95. The van der Waals surface area contributed by atoms with Crippen molar-refractivity contribution in [1.82, 2.24) is 4.90 Å². The van der Waals surface area contributed by atoms with Crippen LogP contribution in [0.2, 0.25) is 0 Å². The van der Waals surface area contributed by atoms with Gasteiger partial charge in [-0.25, -0.2) is 4.39 Å². The minimum Gasteiger partial charge on any atom is -0.326 e. The second-order valence-corrected chi connectivity index (χ2v) is 5.73. The SMILES string of the molecule is CC(N)C(c1ccc(F)cc1)N1CCCC(C(F)(F)F)C1. The molecule has 0 amide bonds. The van der Waals surface area contributed by atoms with Crippen LogP contribution in [-0.4, -0.2) is 30.2 Å². The molecule has 0 radical (unpaired) electrons. The number of rotatable bonds is 3. The fourth-order valence-electron chi connectivity index (χ4n) is 3.03. The van der Waals surface area contributed by atoms with Gasteiger partial charge < -0.3 is 5.73 Å². The molecule has 21 heavy (non-hydrogen) atoms. The summed E-state index contributed by atoms with van der Waals surface area (Å²) in [6.07, 6.45) is -3.52. The molecule has 1 aromatic rings. The lowest BCUT2D eigenvalue weighted by molar-refractivity contribution is -0.189. The van der Waals surface area contributed by atoms with E-state index in [1.165, 1.54) is 12.1 Å². The predicted octanol–water partition coefficient (Wildman–Crippen LogP) is 3.49. The van der Waals surface area contributed by atoms with Crippen molar-refractivity contribution in [3.05, 3.63) is 35.6 Å². The molecule has 1 aliphatic heterocycles. The van der Waals surface area contributed by atoms with E-state index in [-0.39, 0.29) is 30.9 Å². The van der Waals surface area contributed by atoms with E-state index in [1.54, 1.807) is 24.0 Å². The first kappa shape index (κ1) is 16.2. The second-order valence-electron chi connectivity index (χ2n) is 5.73. The predicted molar refractivity (Wildman–Crippen MR) is 73.1 cm³/mol. The van der Waals surface area contributed by atoms with Gasteiger partial charge in [0, 0.05) is 18.6 Å². The molecule has 1 aromatic carbocycles. The number of benzene rings is 1. The first-order chi connectivity index (χ1) is 9.79. The van der Waals surface area contributed by atoms with Crippen LogP contribution in [0.25, 0.3) is 0 Å². The molecular weight excluding hydrogens is 284 g/mol. The van der Waals surface area contributed by atoms with Crippen LogP contribution in [-0.2, 0) is 0 Å². The molecule has 0 bridgehead atoms. The molecule has 1 aliphatic rings. The monoisotopic (exact) mass is 304 g/mol. The van der Waals surface area contributed by atoms with Crippen LogP contribution in [0, 0.1) is 11.7 Å². The molecular formula is C15H20F4N2. The van der Waals surface area contributed by atoms with Gasteiger partial charge in [0.15, 0.2) is 0 Å². The third-order valence-corrected chi connectivity index (χ3v) is 4.02. The number of nitrogens with zero attached hydrogens (tertiary/aromatic N) is 1. The topological polar surface area (TPSA) is 29.3 Å². The molecule has 118 valence electrons. The summed E-state index contributed by atoms with van der Waals surface area (Å²) in [6.45, 7) is 2.30. The van der Waals surface area contributed by atoms with Crippen LogP contribution in [0.1, 0.15) is 31.4 Å². The Kier molecular flexibility index (Phi) is 4.88. The molecule has 2 nitrogen and oxygen atoms in total. The van der Waals surface area contributed by atoms with Crippen LogP contribution in [0.4, 0.5) is 17.6 Å². The van der Waals surface area contributed by atoms with Crippen LogP contribution < -0.4 is 5.73 Å². The highest BCUT2D eigenvalue weighted by molar-refractivity contribution is 5.21. The molecule has 0 aliphatic carbocycles. The van der Waals surface area contributed by atoms with Gasteiger partial charge in [0.05, 0.1) is 5.92 Å². The number of likely N-dealkylation sites (tertiary alicyclic amines) is 1. The number of piperidine rings is 1. The van der Waals surface area contributed by atoms with Gasteiger partial charge in [-0.15, -0.1) is 0 Å². The molecule has 2 rings (SSSR count).